The van der Waals surface area contributed by atoms with E-state index in [1.54, 1.807) is 0 Å². The third-order valence-corrected chi connectivity index (χ3v) is 4.33. The quantitative estimate of drug-likeness (QED) is 0.865. The molecule has 2 atom stereocenters. The summed E-state index contributed by atoms with van der Waals surface area (Å²) in [6, 6.07) is 9.14. The molecule has 1 N–H and O–H groups in total. The van der Waals surface area contributed by atoms with Crippen molar-refractivity contribution >= 4 is 5.69 Å². The minimum absolute atomic E-state index is 0.370. The monoisotopic (exact) mass is 246 g/mol. The van der Waals surface area contributed by atoms with Crippen LogP contribution in [-0.4, -0.2) is 42.2 Å². The predicted molar refractivity (Wildman–Crippen MR) is 73.9 cm³/mol. The highest BCUT2D eigenvalue weighted by Gasteiger charge is 2.30. The molecule has 0 aromatic heterocycles. The average Bonchev–Trinajstić information content (AvgIpc) is 2.86. The Morgan fingerprint density at radius 1 is 1.17 bits per heavy atom. The van der Waals surface area contributed by atoms with E-state index < -0.39 is 0 Å². The number of fused-ring (bicyclic) bond motifs is 1. The van der Waals surface area contributed by atoms with Gasteiger partial charge >= 0.3 is 0 Å². The first-order valence-electron chi connectivity index (χ1n) is 7.01. The van der Waals surface area contributed by atoms with Gasteiger partial charge in [-0.25, -0.2) is 0 Å². The molecule has 18 heavy (non-hydrogen) atoms. The van der Waals surface area contributed by atoms with Gasteiger partial charge in [0.05, 0.1) is 6.10 Å². The van der Waals surface area contributed by atoms with Crippen LogP contribution in [-0.2, 0) is 0 Å². The maximum atomic E-state index is 9.53. The van der Waals surface area contributed by atoms with Crippen molar-refractivity contribution in [1.29, 1.82) is 0 Å². The van der Waals surface area contributed by atoms with Crippen molar-refractivity contribution in [2.45, 2.75) is 31.9 Å². The Morgan fingerprint density at radius 3 is 2.67 bits per heavy atom. The molecular weight excluding hydrogens is 224 g/mol. The van der Waals surface area contributed by atoms with E-state index in [1.807, 2.05) is 19.1 Å². The van der Waals surface area contributed by atoms with E-state index >= 15 is 0 Å². The fraction of sp³-hybridized carbons (Fsp3) is 0.600. The number of benzene rings is 1. The molecule has 0 amide bonds. The van der Waals surface area contributed by atoms with E-state index in [4.69, 9.17) is 0 Å². The molecule has 2 heterocycles. The van der Waals surface area contributed by atoms with Gasteiger partial charge in [0.2, 0.25) is 0 Å². The molecule has 2 aliphatic rings. The number of piperazine rings is 1. The van der Waals surface area contributed by atoms with Crippen molar-refractivity contribution in [2.24, 2.45) is 0 Å². The number of aliphatic hydroxyl groups excluding tert-OH is 1. The Hall–Kier alpha value is -1.06. The van der Waals surface area contributed by atoms with Gasteiger partial charge in [0.1, 0.15) is 0 Å². The third kappa shape index (κ3) is 2.25. The van der Waals surface area contributed by atoms with Gasteiger partial charge in [-0.3, -0.25) is 4.90 Å². The average molecular weight is 246 g/mol. The summed E-state index contributed by atoms with van der Waals surface area (Å²) in [7, 11) is 0. The first-order chi connectivity index (χ1) is 8.74. The molecule has 0 spiro atoms. The molecule has 1 aromatic rings. The van der Waals surface area contributed by atoms with Gasteiger partial charge < -0.3 is 10.0 Å². The lowest BCUT2D eigenvalue weighted by molar-refractivity contribution is 0.199. The molecule has 98 valence electrons. The van der Waals surface area contributed by atoms with Gasteiger partial charge in [-0.1, -0.05) is 12.1 Å². The first kappa shape index (κ1) is 12.0. The van der Waals surface area contributed by atoms with Crippen LogP contribution in [0.2, 0.25) is 0 Å². The van der Waals surface area contributed by atoms with Crippen LogP contribution >= 0.6 is 0 Å². The maximum Gasteiger partial charge on any atom is 0.0761 e. The topological polar surface area (TPSA) is 26.7 Å². The standard InChI is InChI=1S/C15H22N2O/c1-12(18)13-4-6-14(7-5-13)17-10-9-16-8-2-3-15(16)11-17/h4-7,12,15,18H,2-3,8-11H2,1H3/t12-,15?/m0/s1. The minimum Gasteiger partial charge on any atom is -0.389 e. The Bertz CT molecular complexity index is 401. The third-order valence-electron chi connectivity index (χ3n) is 4.33. The van der Waals surface area contributed by atoms with Crippen LogP contribution in [0.25, 0.3) is 0 Å². The Labute approximate surface area is 109 Å². The fourth-order valence-electron chi connectivity index (χ4n) is 3.19. The smallest absolute Gasteiger partial charge is 0.0761 e. The Kier molecular flexibility index (Phi) is 3.27. The van der Waals surface area contributed by atoms with E-state index in [0.717, 1.165) is 24.7 Å². The summed E-state index contributed by atoms with van der Waals surface area (Å²) in [5.74, 6) is 0. The summed E-state index contributed by atoms with van der Waals surface area (Å²) < 4.78 is 0. The van der Waals surface area contributed by atoms with E-state index in [-0.39, 0.29) is 6.10 Å². The van der Waals surface area contributed by atoms with Crippen LogP contribution in [0.15, 0.2) is 24.3 Å². The van der Waals surface area contributed by atoms with Gasteiger partial charge in [-0.2, -0.15) is 0 Å². The second kappa shape index (κ2) is 4.90. The first-order valence-corrected chi connectivity index (χ1v) is 7.01. The number of hydrogen-bond acceptors (Lipinski definition) is 3. The summed E-state index contributed by atoms with van der Waals surface area (Å²) in [5.41, 5.74) is 2.30. The summed E-state index contributed by atoms with van der Waals surface area (Å²) in [6.45, 7) is 6.59. The van der Waals surface area contributed by atoms with Gasteiger partial charge in [0, 0.05) is 31.4 Å². The van der Waals surface area contributed by atoms with Crippen LogP contribution < -0.4 is 4.90 Å². The SMILES string of the molecule is C[C@H](O)c1ccc(N2CCN3CCCC3C2)cc1. The van der Waals surface area contributed by atoms with Gasteiger partial charge in [-0.15, -0.1) is 0 Å². The van der Waals surface area contributed by atoms with Crippen LogP contribution in [0.1, 0.15) is 31.4 Å². The lowest BCUT2D eigenvalue weighted by Crippen LogP contribution is -2.50. The van der Waals surface area contributed by atoms with E-state index in [1.165, 1.54) is 31.6 Å². The largest absolute Gasteiger partial charge is 0.389 e. The lowest BCUT2D eigenvalue weighted by Gasteiger charge is -2.38. The molecule has 2 aliphatic heterocycles. The summed E-state index contributed by atoms with van der Waals surface area (Å²) in [5, 5.41) is 9.53. The molecule has 1 aromatic carbocycles. The van der Waals surface area contributed by atoms with Crippen molar-refractivity contribution in [3.05, 3.63) is 29.8 Å². The normalized spacial score (nSPS) is 26.1. The molecule has 0 radical (unpaired) electrons. The van der Waals surface area contributed by atoms with Crippen LogP contribution in [0.4, 0.5) is 5.69 Å². The summed E-state index contributed by atoms with van der Waals surface area (Å²) in [6.07, 6.45) is 2.34. The molecule has 2 fully saturated rings. The predicted octanol–water partition coefficient (Wildman–Crippen LogP) is 2.02. The second-order valence-corrected chi connectivity index (χ2v) is 5.55. The number of rotatable bonds is 2. The zero-order valence-electron chi connectivity index (χ0n) is 11.0. The van der Waals surface area contributed by atoms with Crippen molar-refractivity contribution in [3.63, 3.8) is 0 Å². The highest BCUT2D eigenvalue weighted by molar-refractivity contribution is 5.48. The lowest BCUT2D eigenvalue weighted by atomic mass is 10.1. The minimum atomic E-state index is -0.370. The number of aliphatic hydroxyl groups is 1. The maximum absolute atomic E-state index is 9.53. The number of anilines is 1. The highest BCUT2D eigenvalue weighted by atomic mass is 16.3. The van der Waals surface area contributed by atoms with Gasteiger partial charge in [0.25, 0.3) is 0 Å². The summed E-state index contributed by atoms with van der Waals surface area (Å²) in [4.78, 5) is 5.11. The van der Waals surface area contributed by atoms with Crippen LogP contribution in [0.3, 0.4) is 0 Å². The van der Waals surface area contributed by atoms with E-state index in [9.17, 15) is 5.11 Å². The Balaban J connectivity index is 1.71. The number of nitrogens with zero attached hydrogens (tertiary/aromatic N) is 2. The molecule has 3 nitrogen and oxygen atoms in total. The molecule has 0 saturated carbocycles. The molecule has 0 aliphatic carbocycles. The summed E-state index contributed by atoms with van der Waals surface area (Å²) >= 11 is 0. The Morgan fingerprint density at radius 2 is 1.94 bits per heavy atom. The van der Waals surface area contributed by atoms with Crippen LogP contribution in [0, 0.1) is 0 Å². The van der Waals surface area contributed by atoms with E-state index in [2.05, 4.69) is 21.9 Å². The molecule has 1 unspecified atom stereocenters. The highest BCUT2D eigenvalue weighted by Crippen LogP contribution is 2.26. The van der Waals surface area contributed by atoms with Crippen molar-refractivity contribution in [2.75, 3.05) is 31.1 Å². The van der Waals surface area contributed by atoms with Gasteiger partial charge in [-0.05, 0) is 44.0 Å². The fourth-order valence-corrected chi connectivity index (χ4v) is 3.19. The number of hydrogen-bond donors (Lipinski definition) is 1. The van der Waals surface area contributed by atoms with Crippen molar-refractivity contribution in [3.8, 4) is 0 Å². The van der Waals surface area contributed by atoms with Crippen LogP contribution in [0.5, 0.6) is 0 Å². The zero-order chi connectivity index (χ0) is 12.5. The molecular formula is C15H22N2O. The molecule has 2 saturated heterocycles. The van der Waals surface area contributed by atoms with Gasteiger partial charge in [0.15, 0.2) is 0 Å². The van der Waals surface area contributed by atoms with Crippen molar-refractivity contribution < 1.29 is 5.11 Å². The molecule has 0 bridgehead atoms. The van der Waals surface area contributed by atoms with E-state index in [0.29, 0.717) is 0 Å². The molecule has 3 rings (SSSR count). The van der Waals surface area contributed by atoms with Crippen molar-refractivity contribution in [1.82, 2.24) is 4.90 Å². The molecule has 3 heteroatoms. The zero-order valence-corrected chi connectivity index (χ0v) is 11.0. The second-order valence-electron chi connectivity index (χ2n) is 5.55.